The van der Waals surface area contributed by atoms with Crippen LogP contribution in [0, 0.1) is 5.41 Å². The molecule has 134 valence electrons. The minimum Gasteiger partial charge on any atom is -0.493 e. The molecular weight excluding hydrogens is 314 g/mol. The number of halogens is 1. The zero-order chi connectivity index (χ0) is 17.0. The van der Waals surface area contributed by atoms with Gasteiger partial charge in [-0.05, 0) is 31.7 Å². The van der Waals surface area contributed by atoms with Crippen molar-refractivity contribution in [2.75, 3.05) is 21.3 Å². The molecule has 0 unspecified atom stereocenters. The summed E-state index contributed by atoms with van der Waals surface area (Å²) in [7, 11) is 4.91. The quantitative estimate of drug-likeness (QED) is 0.793. The van der Waals surface area contributed by atoms with Gasteiger partial charge >= 0.3 is 0 Å². The van der Waals surface area contributed by atoms with Crippen LogP contribution in [-0.4, -0.2) is 26.9 Å². The molecule has 0 aliphatic rings. The van der Waals surface area contributed by atoms with Crippen molar-refractivity contribution in [1.82, 2.24) is 5.32 Å². The number of hydrogen-bond donors (Lipinski definition) is 1. The Kier molecular flexibility index (Phi) is 8.22. The normalized spacial score (nSPS) is 11.7. The van der Waals surface area contributed by atoms with Gasteiger partial charge in [0, 0.05) is 17.6 Å². The van der Waals surface area contributed by atoms with Gasteiger partial charge in [0.25, 0.3) is 0 Å². The molecule has 0 heterocycles. The number of nitrogens with one attached hydrogen (secondary N) is 1. The second-order valence-corrected chi connectivity index (χ2v) is 7.47. The lowest BCUT2D eigenvalue weighted by Crippen LogP contribution is -2.41. The molecular formula is C18H32ClNO3. The molecule has 1 aromatic rings. The molecule has 0 saturated heterocycles. The topological polar surface area (TPSA) is 39.7 Å². The highest BCUT2D eigenvalue weighted by Gasteiger charge is 2.25. The Hall–Kier alpha value is -1.13. The van der Waals surface area contributed by atoms with E-state index in [2.05, 4.69) is 39.9 Å². The zero-order valence-corrected chi connectivity index (χ0v) is 16.5. The van der Waals surface area contributed by atoms with Crippen LogP contribution in [0.15, 0.2) is 12.1 Å². The van der Waals surface area contributed by atoms with Gasteiger partial charge in [0.05, 0.1) is 21.3 Å². The summed E-state index contributed by atoms with van der Waals surface area (Å²) < 4.78 is 16.3. The first-order valence-corrected chi connectivity index (χ1v) is 7.66. The molecule has 0 aliphatic heterocycles. The molecule has 0 aliphatic carbocycles. The van der Waals surface area contributed by atoms with Crippen molar-refractivity contribution in [1.29, 1.82) is 0 Å². The van der Waals surface area contributed by atoms with E-state index < -0.39 is 0 Å². The second kappa shape index (κ2) is 8.65. The van der Waals surface area contributed by atoms with E-state index >= 15 is 0 Å². The van der Waals surface area contributed by atoms with Crippen molar-refractivity contribution in [3.8, 4) is 17.2 Å². The molecule has 4 nitrogen and oxygen atoms in total. The van der Waals surface area contributed by atoms with Gasteiger partial charge in [-0.2, -0.15) is 0 Å². The predicted octanol–water partition coefficient (Wildman–Crippen LogP) is 4.44. The van der Waals surface area contributed by atoms with Crippen LogP contribution in [0.5, 0.6) is 17.2 Å². The van der Waals surface area contributed by atoms with E-state index in [1.54, 1.807) is 21.3 Å². The first-order chi connectivity index (χ1) is 10.1. The maximum absolute atomic E-state index is 5.53. The Morgan fingerprint density at radius 2 is 1.43 bits per heavy atom. The van der Waals surface area contributed by atoms with Crippen LogP contribution in [0.1, 0.15) is 46.6 Å². The maximum atomic E-state index is 5.53. The summed E-state index contributed by atoms with van der Waals surface area (Å²) in [6.07, 6.45) is 1.08. The third-order valence-corrected chi connectivity index (χ3v) is 3.52. The van der Waals surface area contributed by atoms with Crippen molar-refractivity contribution in [3.05, 3.63) is 17.7 Å². The fraction of sp³-hybridized carbons (Fsp3) is 0.667. The lowest BCUT2D eigenvalue weighted by atomic mass is 9.81. The van der Waals surface area contributed by atoms with Gasteiger partial charge in [0.15, 0.2) is 11.5 Å². The highest BCUT2D eigenvalue weighted by molar-refractivity contribution is 5.85. The summed E-state index contributed by atoms with van der Waals surface area (Å²) in [5, 5.41) is 3.62. The van der Waals surface area contributed by atoms with Crippen molar-refractivity contribution in [2.45, 2.75) is 53.1 Å². The van der Waals surface area contributed by atoms with Gasteiger partial charge in [-0.25, -0.2) is 0 Å². The molecule has 23 heavy (non-hydrogen) atoms. The predicted molar refractivity (Wildman–Crippen MR) is 98.3 cm³/mol. The first kappa shape index (κ1) is 21.9. The first-order valence-electron chi connectivity index (χ1n) is 7.66. The summed E-state index contributed by atoms with van der Waals surface area (Å²) in [6.45, 7) is 11.9. The Balaban J connectivity index is 0.00000484. The highest BCUT2D eigenvalue weighted by atomic mass is 35.5. The fourth-order valence-corrected chi connectivity index (χ4v) is 3.03. The third kappa shape index (κ3) is 6.48. The van der Waals surface area contributed by atoms with Gasteiger partial charge < -0.3 is 19.5 Å². The van der Waals surface area contributed by atoms with E-state index in [0.717, 1.165) is 17.7 Å². The van der Waals surface area contributed by atoms with Gasteiger partial charge in [0.2, 0.25) is 5.75 Å². The zero-order valence-electron chi connectivity index (χ0n) is 15.7. The van der Waals surface area contributed by atoms with Gasteiger partial charge in [-0.15, -0.1) is 12.4 Å². The van der Waals surface area contributed by atoms with Crippen LogP contribution in [0.25, 0.3) is 0 Å². The average molecular weight is 346 g/mol. The summed E-state index contributed by atoms with van der Waals surface area (Å²) in [5.74, 6) is 2.04. The number of hydrogen-bond acceptors (Lipinski definition) is 4. The number of benzene rings is 1. The van der Waals surface area contributed by atoms with Crippen LogP contribution >= 0.6 is 12.4 Å². The molecule has 0 spiro atoms. The maximum Gasteiger partial charge on any atom is 0.203 e. The Labute approximate surface area is 147 Å². The molecule has 0 radical (unpaired) electrons. The van der Waals surface area contributed by atoms with Crippen LogP contribution in [-0.2, 0) is 6.54 Å². The highest BCUT2D eigenvalue weighted by Crippen LogP contribution is 2.40. The molecule has 0 bridgehead atoms. The molecule has 1 N–H and O–H groups in total. The second-order valence-electron chi connectivity index (χ2n) is 7.47. The van der Waals surface area contributed by atoms with Crippen LogP contribution in [0.2, 0.25) is 0 Å². The number of methoxy groups -OCH3 is 3. The molecule has 1 aromatic carbocycles. The molecule has 0 amide bonds. The largest absolute Gasteiger partial charge is 0.493 e. The van der Waals surface area contributed by atoms with E-state index in [9.17, 15) is 0 Å². The van der Waals surface area contributed by atoms with Crippen molar-refractivity contribution in [3.63, 3.8) is 0 Å². The Bertz CT molecular complexity index is 496. The van der Waals surface area contributed by atoms with E-state index in [1.807, 2.05) is 12.1 Å². The van der Waals surface area contributed by atoms with E-state index in [0.29, 0.717) is 18.0 Å². The number of ether oxygens (including phenoxy) is 3. The number of rotatable bonds is 7. The molecule has 5 heteroatoms. The van der Waals surface area contributed by atoms with E-state index in [-0.39, 0.29) is 23.4 Å². The van der Waals surface area contributed by atoms with Gasteiger partial charge in [-0.3, -0.25) is 0 Å². The van der Waals surface area contributed by atoms with Crippen molar-refractivity contribution >= 4 is 12.4 Å². The third-order valence-electron chi connectivity index (χ3n) is 3.52. The van der Waals surface area contributed by atoms with Crippen molar-refractivity contribution < 1.29 is 14.2 Å². The SMILES string of the molecule is COc1ccc(CNC(C)(C)CC(C)(C)C)c(OC)c1OC.Cl. The lowest BCUT2D eigenvalue weighted by Gasteiger charge is -2.33. The summed E-state index contributed by atoms with van der Waals surface area (Å²) in [5.41, 5.74) is 1.37. The summed E-state index contributed by atoms with van der Waals surface area (Å²) in [4.78, 5) is 0. The molecule has 0 fully saturated rings. The molecule has 0 saturated carbocycles. The Morgan fingerprint density at radius 3 is 1.87 bits per heavy atom. The lowest BCUT2D eigenvalue weighted by molar-refractivity contribution is 0.239. The fourth-order valence-electron chi connectivity index (χ4n) is 3.03. The van der Waals surface area contributed by atoms with E-state index in [1.165, 1.54) is 0 Å². The van der Waals surface area contributed by atoms with Gasteiger partial charge in [0.1, 0.15) is 0 Å². The standard InChI is InChI=1S/C18H31NO3.ClH/c1-17(2,3)12-18(4,5)19-11-13-9-10-14(20-6)16(22-8)15(13)21-7;/h9-10,19H,11-12H2,1-8H3;1H. The average Bonchev–Trinajstić information content (AvgIpc) is 2.41. The van der Waals surface area contributed by atoms with Crippen LogP contribution in [0.3, 0.4) is 0 Å². The van der Waals surface area contributed by atoms with Gasteiger partial charge in [-0.1, -0.05) is 26.8 Å². The smallest absolute Gasteiger partial charge is 0.203 e. The summed E-state index contributed by atoms with van der Waals surface area (Å²) >= 11 is 0. The Morgan fingerprint density at radius 1 is 0.870 bits per heavy atom. The van der Waals surface area contributed by atoms with Crippen LogP contribution in [0.4, 0.5) is 0 Å². The van der Waals surface area contributed by atoms with E-state index in [4.69, 9.17) is 14.2 Å². The molecule has 0 atom stereocenters. The summed E-state index contributed by atoms with van der Waals surface area (Å²) in [6, 6.07) is 3.93. The molecule has 0 aromatic heterocycles. The van der Waals surface area contributed by atoms with Crippen molar-refractivity contribution in [2.24, 2.45) is 5.41 Å². The minimum absolute atomic E-state index is 0. The van der Waals surface area contributed by atoms with Crippen LogP contribution < -0.4 is 19.5 Å². The monoisotopic (exact) mass is 345 g/mol. The molecule has 1 rings (SSSR count). The minimum atomic E-state index is 0.